The van der Waals surface area contributed by atoms with Gasteiger partial charge in [-0.3, -0.25) is 4.79 Å². The van der Waals surface area contributed by atoms with E-state index >= 15 is 0 Å². The summed E-state index contributed by atoms with van der Waals surface area (Å²) in [6, 6.07) is 14.7. The molecule has 0 radical (unpaired) electrons. The van der Waals surface area contributed by atoms with E-state index in [0.29, 0.717) is 16.4 Å². The number of carbonyl (C=O) groups is 1. The van der Waals surface area contributed by atoms with Crippen molar-refractivity contribution in [2.24, 2.45) is 0 Å². The third-order valence-electron chi connectivity index (χ3n) is 8.03. The minimum absolute atomic E-state index is 0.262. The van der Waals surface area contributed by atoms with Crippen molar-refractivity contribution in [1.29, 1.82) is 0 Å². The Balaban J connectivity index is 1.52. The van der Waals surface area contributed by atoms with Gasteiger partial charge in [-0.25, -0.2) is 9.97 Å². The number of benzene rings is 2. The number of likely N-dealkylation sites (N-methyl/N-ethyl adjacent to an activating group) is 1. The molecule has 9 heteroatoms. The van der Waals surface area contributed by atoms with E-state index in [9.17, 15) is 4.79 Å². The van der Waals surface area contributed by atoms with Crippen LogP contribution < -0.4 is 10.2 Å². The summed E-state index contributed by atoms with van der Waals surface area (Å²) < 4.78 is 2.01. The first-order valence-electron chi connectivity index (χ1n) is 14.2. The number of amides is 1. The number of carbonyl (C=O) groups excluding carboxylic acids is 1. The van der Waals surface area contributed by atoms with Gasteiger partial charge in [0.2, 0.25) is 5.91 Å². The van der Waals surface area contributed by atoms with Crippen LogP contribution in [-0.4, -0.2) is 63.6 Å². The molecule has 8 nitrogen and oxygen atoms in total. The molecule has 1 aliphatic rings. The van der Waals surface area contributed by atoms with Crippen molar-refractivity contribution >= 4 is 39.9 Å². The fraction of sp³-hybridized carbons (Fsp3) is 0.242. The van der Waals surface area contributed by atoms with Crippen LogP contribution in [0.25, 0.3) is 44.7 Å². The van der Waals surface area contributed by atoms with Gasteiger partial charge in [-0.15, -0.1) is 0 Å². The minimum Gasteiger partial charge on any atom is -0.369 e. The van der Waals surface area contributed by atoms with Crippen LogP contribution in [0.15, 0.2) is 73.8 Å². The Morgan fingerprint density at radius 2 is 1.83 bits per heavy atom. The molecule has 3 aromatic heterocycles. The van der Waals surface area contributed by atoms with Gasteiger partial charge < -0.3 is 24.7 Å². The van der Waals surface area contributed by atoms with Crippen molar-refractivity contribution in [2.45, 2.75) is 20.4 Å². The number of nitrogens with one attached hydrogen (secondary N) is 2. The van der Waals surface area contributed by atoms with E-state index in [1.807, 2.05) is 29.8 Å². The van der Waals surface area contributed by atoms with Gasteiger partial charge in [-0.05, 0) is 61.9 Å². The molecule has 42 heavy (non-hydrogen) atoms. The number of nitrogens with zero attached hydrogens (tertiary/aromatic N) is 5. The number of aromatic nitrogens is 4. The topological polar surface area (TPSA) is 82.1 Å². The van der Waals surface area contributed by atoms with Crippen LogP contribution in [0.4, 0.5) is 11.4 Å². The Labute approximate surface area is 250 Å². The summed E-state index contributed by atoms with van der Waals surface area (Å²) in [5.74, 6) is -0.262. The predicted octanol–water partition coefficient (Wildman–Crippen LogP) is 6.62. The summed E-state index contributed by atoms with van der Waals surface area (Å²) in [6.45, 7) is 12.6. The van der Waals surface area contributed by atoms with E-state index in [4.69, 9.17) is 16.6 Å². The lowest BCUT2D eigenvalue weighted by atomic mass is 9.96. The van der Waals surface area contributed by atoms with E-state index in [2.05, 4.69) is 76.0 Å². The second-order valence-electron chi connectivity index (χ2n) is 10.7. The highest BCUT2D eigenvalue weighted by molar-refractivity contribution is 6.39. The lowest BCUT2D eigenvalue weighted by Gasteiger charge is -2.34. The summed E-state index contributed by atoms with van der Waals surface area (Å²) in [6.07, 6.45) is 6.83. The maximum Gasteiger partial charge on any atom is 0.247 e. The average molecular weight is 580 g/mol. The van der Waals surface area contributed by atoms with Crippen molar-refractivity contribution < 1.29 is 4.79 Å². The zero-order chi connectivity index (χ0) is 29.4. The fourth-order valence-electron chi connectivity index (χ4n) is 5.47. The Morgan fingerprint density at radius 1 is 1.10 bits per heavy atom. The Morgan fingerprint density at radius 3 is 2.52 bits per heavy atom. The number of fused-ring (bicyclic) bond motifs is 1. The van der Waals surface area contributed by atoms with Gasteiger partial charge in [0.25, 0.3) is 0 Å². The third kappa shape index (κ3) is 5.19. The molecular weight excluding hydrogens is 546 g/mol. The largest absolute Gasteiger partial charge is 0.369 e. The Hall–Kier alpha value is -4.40. The molecule has 0 saturated carbocycles. The van der Waals surface area contributed by atoms with E-state index in [0.717, 1.165) is 77.3 Å². The Bertz CT molecular complexity index is 1780. The van der Waals surface area contributed by atoms with Gasteiger partial charge in [0.1, 0.15) is 5.65 Å². The number of anilines is 2. The van der Waals surface area contributed by atoms with Crippen LogP contribution in [0.2, 0.25) is 5.02 Å². The lowest BCUT2D eigenvalue weighted by Crippen LogP contribution is -2.44. The molecular formula is C33H34ClN7O. The summed E-state index contributed by atoms with van der Waals surface area (Å²) in [7, 11) is 2.16. The van der Waals surface area contributed by atoms with Gasteiger partial charge in [0.05, 0.1) is 22.7 Å². The zero-order valence-corrected chi connectivity index (χ0v) is 24.9. The van der Waals surface area contributed by atoms with Gasteiger partial charge in [0, 0.05) is 73.0 Å². The second kappa shape index (κ2) is 11.5. The number of hydrogen-bond acceptors (Lipinski definition) is 5. The summed E-state index contributed by atoms with van der Waals surface area (Å²) in [5, 5.41) is 4.32. The van der Waals surface area contributed by atoms with Gasteiger partial charge in [-0.2, -0.15) is 0 Å². The number of piperazine rings is 1. The van der Waals surface area contributed by atoms with Gasteiger partial charge in [-0.1, -0.05) is 42.4 Å². The first-order valence-corrected chi connectivity index (χ1v) is 14.5. The molecule has 1 fully saturated rings. The third-order valence-corrected chi connectivity index (χ3v) is 8.42. The molecule has 0 spiro atoms. The van der Waals surface area contributed by atoms with Crippen LogP contribution in [0, 0.1) is 6.92 Å². The van der Waals surface area contributed by atoms with Crippen molar-refractivity contribution in [3.05, 3.63) is 84.4 Å². The summed E-state index contributed by atoms with van der Waals surface area (Å²) in [5.41, 5.74) is 8.84. The normalized spacial score (nSPS) is 14.0. The van der Waals surface area contributed by atoms with E-state index in [1.165, 1.54) is 11.8 Å². The number of H-pyrrole nitrogens is 1. The maximum absolute atomic E-state index is 12.2. The van der Waals surface area contributed by atoms with E-state index in [1.54, 1.807) is 12.5 Å². The molecule has 1 saturated heterocycles. The molecule has 0 aliphatic carbocycles. The molecule has 0 atom stereocenters. The number of imidazole rings is 1. The highest BCUT2D eigenvalue weighted by Crippen LogP contribution is 2.44. The van der Waals surface area contributed by atoms with E-state index < -0.39 is 0 Å². The molecule has 0 unspecified atom stereocenters. The summed E-state index contributed by atoms with van der Waals surface area (Å²) in [4.78, 5) is 29.9. The van der Waals surface area contributed by atoms with Crippen LogP contribution >= 0.6 is 11.6 Å². The predicted molar refractivity (Wildman–Crippen MR) is 172 cm³/mol. The zero-order valence-electron chi connectivity index (χ0n) is 24.1. The molecule has 4 heterocycles. The highest BCUT2D eigenvalue weighted by atomic mass is 35.5. The molecule has 1 aliphatic heterocycles. The van der Waals surface area contributed by atoms with Crippen molar-refractivity contribution in [3.8, 4) is 33.6 Å². The number of hydrogen-bond donors (Lipinski definition) is 2. The minimum atomic E-state index is -0.262. The summed E-state index contributed by atoms with van der Waals surface area (Å²) >= 11 is 7.20. The molecule has 2 N–H and O–H groups in total. The quantitative estimate of drug-likeness (QED) is 0.212. The van der Waals surface area contributed by atoms with Crippen LogP contribution in [0.3, 0.4) is 0 Å². The number of rotatable bonds is 7. The second-order valence-corrected chi connectivity index (χ2v) is 11.1. The Kier molecular flexibility index (Phi) is 7.58. The molecule has 1 amide bonds. The van der Waals surface area contributed by atoms with Crippen LogP contribution in [0.1, 0.15) is 12.5 Å². The van der Waals surface area contributed by atoms with Crippen LogP contribution in [0.5, 0.6) is 0 Å². The standard InChI is InChI=1S/C33H34ClN7O/c1-5-28(42)37-26-17-23(8-7-21(26)3)29-30-31(34)25(27-19-40(6-2)20-36-27)18-35-33(30)38-32(29)22-9-11-24(12-10-22)41-15-13-39(4)14-16-41/h5,7-12,17-20H,1,6,13-16H2,2-4H3,(H,35,38)(H,37,42). The van der Waals surface area contributed by atoms with Crippen molar-refractivity contribution in [3.63, 3.8) is 0 Å². The SMILES string of the molecule is C=CC(=O)Nc1cc(-c2c(-c3ccc(N4CCN(C)CC4)cc3)[nH]c3ncc(-c4cn(CC)cn4)c(Cl)c23)ccc1C. The molecule has 214 valence electrons. The van der Waals surface area contributed by atoms with Crippen LogP contribution in [-0.2, 0) is 11.3 Å². The molecule has 5 aromatic rings. The lowest BCUT2D eigenvalue weighted by molar-refractivity contribution is -0.111. The van der Waals surface area contributed by atoms with Crippen molar-refractivity contribution in [2.75, 3.05) is 43.4 Å². The van der Waals surface area contributed by atoms with E-state index in [-0.39, 0.29) is 5.91 Å². The smallest absolute Gasteiger partial charge is 0.247 e. The first kappa shape index (κ1) is 27.8. The number of aromatic amines is 1. The van der Waals surface area contributed by atoms with Crippen molar-refractivity contribution in [1.82, 2.24) is 24.4 Å². The number of halogens is 1. The molecule has 2 aromatic carbocycles. The number of aryl methyl sites for hydroxylation is 2. The maximum atomic E-state index is 12.2. The molecule has 0 bridgehead atoms. The first-order chi connectivity index (χ1) is 20.4. The highest BCUT2D eigenvalue weighted by Gasteiger charge is 2.23. The number of pyridine rings is 1. The van der Waals surface area contributed by atoms with Gasteiger partial charge >= 0.3 is 0 Å². The molecule has 6 rings (SSSR count). The fourth-order valence-corrected chi connectivity index (χ4v) is 5.80. The average Bonchev–Trinajstić information content (AvgIpc) is 3.65. The van der Waals surface area contributed by atoms with Gasteiger partial charge in [0.15, 0.2) is 0 Å². The monoisotopic (exact) mass is 579 g/mol.